The molecule has 2 aromatic carbocycles. The molecule has 30 heavy (non-hydrogen) atoms. The van der Waals surface area contributed by atoms with E-state index in [-0.39, 0.29) is 23.9 Å². The van der Waals surface area contributed by atoms with Gasteiger partial charge in [0.2, 0.25) is 0 Å². The number of halogens is 1. The summed E-state index contributed by atoms with van der Waals surface area (Å²) in [4.78, 5) is 27.4. The molecule has 1 heterocycles. The molecule has 1 fully saturated rings. The first-order valence-electron chi connectivity index (χ1n) is 10.1. The van der Waals surface area contributed by atoms with Crippen molar-refractivity contribution >= 4 is 35.2 Å². The number of nitrogens with zero attached hydrogens (tertiary/aromatic N) is 1. The second-order valence-corrected chi connectivity index (χ2v) is 8.54. The molecule has 3 rings (SSSR count). The van der Waals surface area contributed by atoms with Gasteiger partial charge in [-0.2, -0.15) is 0 Å². The molecule has 160 valence electrons. The number of benzene rings is 2. The summed E-state index contributed by atoms with van der Waals surface area (Å²) in [5.74, 6) is -0.161. The van der Waals surface area contributed by atoms with Crippen LogP contribution in [0.5, 0.6) is 0 Å². The Labute approximate surface area is 186 Å². The van der Waals surface area contributed by atoms with E-state index in [0.29, 0.717) is 24.0 Å². The standard InChI is InChI=1S/C23H26ClNO4S/c1-2-3-13-29-23(27)20-16-30-22(18-11-7-8-12-19(18)24)25(20)21(26)15-28-14-17-9-5-4-6-10-17/h4-12,20,22H,2-3,13-16H2,1H3. The number of thioether (sulfide) groups is 1. The minimum atomic E-state index is -0.652. The van der Waals surface area contributed by atoms with E-state index < -0.39 is 6.04 Å². The van der Waals surface area contributed by atoms with Gasteiger partial charge in [-0.05, 0) is 18.1 Å². The van der Waals surface area contributed by atoms with Crippen molar-refractivity contribution in [2.24, 2.45) is 0 Å². The summed E-state index contributed by atoms with van der Waals surface area (Å²) in [6, 6.07) is 16.4. The highest BCUT2D eigenvalue weighted by Crippen LogP contribution is 2.44. The minimum absolute atomic E-state index is 0.116. The van der Waals surface area contributed by atoms with Crippen molar-refractivity contribution in [1.29, 1.82) is 0 Å². The topological polar surface area (TPSA) is 55.8 Å². The molecule has 7 heteroatoms. The molecule has 1 saturated heterocycles. The Morgan fingerprint density at radius 1 is 1.13 bits per heavy atom. The molecule has 0 radical (unpaired) electrons. The van der Waals surface area contributed by atoms with Crippen molar-refractivity contribution < 1.29 is 19.1 Å². The number of unbranched alkanes of at least 4 members (excludes halogenated alkanes) is 1. The van der Waals surface area contributed by atoms with E-state index in [2.05, 4.69) is 0 Å². The smallest absolute Gasteiger partial charge is 0.329 e. The lowest BCUT2D eigenvalue weighted by atomic mass is 10.1. The van der Waals surface area contributed by atoms with Gasteiger partial charge in [-0.3, -0.25) is 4.79 Å². The zero-order valence-corrected chi connectivity index (χ0v) is 18.5. The van der Waals surface area contributed by atoms with Crippen LogP contribution in [0, 0.1) is 0 Å². The third-order valence-corrected chi connectivity index (χ3v) is 6.46. The molecule has 1 aliphatic heterocycles. The number of esters is 1. The van der Waals surface area contributed by atoms with Crippen molar-refractivity contribution in [3.63, 3.8) is 0 Å². The van der Waals surface area contributed by atoms with Crippen molar-refractivity contribution in [1.82, 2.24) is 4.90 Å². The van der Waals surface area contributed by atoms with E-state index in [1.54, 1.807) is 11.0 Å². The van der Waals surface area contributed by atoms with Crippen LogP contribution in [0.15, 0.2) is 54.6 Å². The third kappa shape index (κ3) is 5.78. The summed E-state index contributed by atoms with van der Waals surface area (Å²) in [6.07, 6.45) is 1.73. The molecule has 0 N–H and O–H groups in total. The first-order valence-corrected chi connectivity index (χ1v) is 11.5. The summed E-state index contributed by atoms with van der Waals surface area (Å²) < 4.78 is 11.1. The summed E-state index contributed by atoms with van der Waals surface area (Å²) in [5.41, 5.74) is 1.80. The zero-order chi connectivity index (χ0) is 21.3. The van der Waals surface area contributed by atoms with Crippen molar-refractivity contribution in [2.75, 3.05) is 19.0 Å². The quantitative estimate of drug-likeness (QED) is 0.406. The highest BCUT2D eigenvalue weighted by molar-refractivity contribution is 7.99. The fraction of sp³-hybridized carbons (Fsp3) is 0.391. The van der Waals surface area contributed by atoms with Crippen LogP contribution in [-0.2, 0) is 25.7 Å². The fourth-order valence-corrected chi connectivity index (χ4v) is 5.00. The number of amides is 1. The Bertz CT molecular complexity index is 848. The van der Waals surface area contributed by atoms with Crippen LogP contribution in [0.25, 0.3) is 0 Å². The van der Waals surface area contributed by atoms with Crippen LogP contribution in [0.1, 0.15) is 36.3 Å². The van der Waals surface area contributed by atoms with E-state index in [1.807, 2.05) is 55.5 Å². The maximum Gasteiger partial charge on any atom is 0.329 e. The molecular weight excluding hydrogens is 422 g/mol. The lowest BCUT2D eigenvalue weighted by Crippen LogP contribution is -2.45. The van der Waals surface area contributed by atoms with Gasteiger partial charge in [0.1, 0.15) is 18.0 Å². The van der Waals surface area contributed by atoms with Crippen LogP contribution >= 0.6 is 23.4 Å². The first kappa shape index (κ1) is 22.7. The maximum absolute atomic E-state index is 13.1. The molecule has 1 aliphatic rings. The normalized spacial score (nSPS) is 18.4. The van der Waals surface area contributed by atoms with Gasteiger partial charge in [0.05, 0.1) is 13.2 Å². The molecule has 0 saturated carbocycles. The highest BCUT2D eigenvalue weighted by atomic mass is 35.5. The Morgan fingerprint density at radius 3 is 2.60 bits per heavy atom. The van der Waals surface area contributed by atoms with Crippen LogP contribution in [-0.4, -0.2) is 41.8 Å². The Morgan fingerprint density at radius 2 is 1.87 bits per heavy atom. The molecular formula is C23H26ClNO4S. The zero-order valence-electron chi connectivity index (χ0n) is 17.0. The van der Waals surface area contributed by atoms with Gasteiger partial charge in [0.15, 0.2) is 0 Å². The molecule has 5 nitrogen and oxygen atoms in total. The van der Waals surface area contributed by atoms with Gasteiger partial charge >= 0.3 is 5.97 Å². The average molecular weight is 448 g/mol. The molecule has 0 aromatic heterocycles. The number of carbonyl (C=O) groups is 2. The number of rotatable bonds is 9. The van der Waals surface area contributed by atoms with E-state index in [0.717, 1.165) is 24.0 Å². The van der Waals surface area contributed by atoms with Gasteiger partial charge in [-0.25, -0.2) is 4.79 Å². The lowest BCUT2D eigenvalue weighted by molar-refractivity contribution is -0.155. The molecule has 0 spiro atoms. The second-order valence-electron chi connectivity index (χ2n) is 7.02. The number of carbonyl (C=O) groups excluding carboxylic acids is 2. The predicted octanol–water partition coefficient (Wildman–Crippen LogP) is 4.84. The second kappa shape index (κ2) is 11.4. The Balaban J connectivity index is 1.72. The molecule has 1 amide bonds. The summed E-state index contributed by atoms with van der Waals surface area (Å²) >= 11 is 7.91. The van der Waals surface area contributed by atoms with Crippen LogP contribution < -0.4 is 0 Å². The largest absolute Gasteiger partial charge is 0.464 e. The monoisotopic (exact) mass is 447 g/mol. The minimum Gasteiger partial charge on any atom is -0.464 e. The van der Waals surface area contributed by atoms with Gasteiger partial charge in [-0.1, -0.05) is 73.5 Å². The number of ether oxygens (including phenoxy) is 2. The SMILES string of the molecule is CCCCOC(=O)C1CSC(c2ccccc2Cl)N1C(=O)COCc1ccccc1. The van der Waals surface area contributed by atoms with E-state index in [9.17, 15) is 9.59 Å². The van der Waals surface area contributed by atoms with E-state index >= 15 is 0 Å². The van der Waals surface area contributed by atoms with E-state index in [1.165, 1.54) is 11.8 Å². The van der Waals surface area contributed by atoms with Crippen molar-refractivity contribution in [3.8, 4) is 0 Å². The molecule has 2 aromatic rings. The van der Waals surface area contributed by atoms with Gasteiger partial charge in [0, 0.05) is 16.3 Å². The third-order valence-electron chi connectivity index (χ3n) is 4.81. The molecule has 0 aliphatic carbocycles. The molecule has 2 atom stereocenters. The predicted molar refractivity (Wildman–Crippen MR) is 119 cm³/mol. The van der Waals surface area contributed by atoms with Gasteiger partial charge in [-0.15, -0.1) is 11.8 Å². The average Bonchev–Trinajstić information content (AvgIpc) is 3.20. The van der Waals surface area contributed by atoms with Gasteiger partial charge in [0.25, 0.3) is 5.91 Å². The van der Waals surface area contributed by atoms with Crippen LogP contribution in [0.4, 0.5) is 0 Å². The summed E-state index contributed by atoms with van der Waals surface area (Å²) in [7, 11) is 0. The summed E-state index contributed by atoms with van der Waals surface area (Å²) in [6.45, 7) is 2.61. The van der Waals surface area contributed by atoms with Crippen molar-refractivity contribution in [3.05, 3.63) is 70.7 Å². The van der Waals surface area contributed by atoms with Crippen LogP contribution in [0.2, 0.25) is 5.02 Å². The van der Waals surface area contributed by atoms with Gasteiger partial charge < -0.3 is 14.4 Å². The Kier molecular flexibility index (Phi) is 8.61. The fourth-order valence-electron chi connectivity index (χ4n) is 3.23. The van der Waals surface area contributed by atoms with Crippen LogP contribution in [0.3, 0.4) is 0 Å². The number of hydrogen-bond donors (Lipinski definition) is 0. The van der Waals surface area contributed by atoms with Crippen molar-refractivity contribution in [2.45, 2.75) is 37.8 Å². The number of hydrogen-bond acceptors (Lipinski definition) is 5. The maximum atomic E-state index is 13.1. The Hall–Kier alpha value is -2.02. The first-order chi connectivity index (χ1) is 14.6. The highest BCUT2D eigenvalue weighted by Gasteiger charge is 2.43. The van der Waals surface area contributed by atoms with E-state index in [4.69, 9.17) is 21.1 Å². The summed E-state index contributed by atoms with van der Waals surface area (Å²) in [5, 5.41) is 0.216. The molecule has 2 unspecified atom stereocenters. The molecule has 0 bridgehead atoms. The lowest BCUT2D eigenvalue weighted by Gasteiger charge is -2.29.